The van der Waals surface area contributed by atoms with Crippen LogP contribution in [0.3, 0.4) is 0 Å². The zero-order chi connectivity index (χ0) is 14.3. The highest BCUT2D eigenvalue weighted by Crippen LogP contribution is 2.07. The van der Waals surface area contributed by atoms with Crippen molar-refractivity contribution in [2.75, 3.05) is 26.8 Å². The second kappa shape index (κ2) is 7.70. The topological polar surface area (TPSA) is 91.8 Å². The number of aliphatic carboxylic acids is 1. The van der Waals surface area contributed by atoms with Crippen LogP contribution in [-0.4, -0.2) is 53.8 Å². The number of carboxylic acids is 1. The van der Waals surface area contributed by atoms with Crippen LogP contribution in [0.5, 0.6) is 0 Å². The van der Waals surface area contributed by atoms with E-state index in [1.54, 1.807) is 0 Å². The standard InChI is InChI=1S/C11H17N3O4S/c1-8-13-9(7-19-8)5-12-11(17)14(3-4-18-2)6-10(15)16/h7H,3-6H2,1-2H3,(H,12,17)(H,15,16). The molecule has 2 amide bonds. The molecule has 1 aromatic heterocycles. The van der Waals surface area contributed by atoms with Gasteiger partial charge in [0.2, 0.25) is 0 Å². The summed E-state index contributed by atoms with van der Waals surface area (Å²) in [7, 11) is 1.49. The Hall–Kier alpha value is -1.67. The van der Waals surface area contributed by atoms with Crippen molar-refractivity contribution in [3.05, 3.63) is 16.1 Å². The molecule has 0 atom stereocenters. The zero-order valence-corrected chi connectivity index (χ0v) is 11.7. The zero-order valence-electron chi connectivity index (χ0n) is 10.9. The third kappa shape index (κ3) is 5.66. The highest BCUT2D eigenvalue weighted by molar-refractivity contribution is 7.09. The number of hydrogen-bond donors (Lipinski definition) is 2. The summed E-state index contributed by atoms with van der Waals surface area (Å²) < 4.78 is 4.84. The maximum atomic E-state index is 11.8. The van der Waals surface area contributed by atoms with Gasteiger partial charge in [0.15, 0.2) is 0 Å². The van der Waals surface area contributed by atoms with Gasteiger partial charge in [0, 0.05) is 19.0 Å². The van der Waals surface area contributed by atoms with Crippen LogP contribution in [0.2, 0.25) is 0 Å². The quantitative estimate of drug-likeness (QED) is 0.770. The van der Waals surface area contributed by atoms with Gasteiger partial charge in [-0.25, -0.2) is 9.78 Å². The lowest BCUT2D eigenvalue weighted by Gasteiger charge is -2.20. The summed E-state index contributed by atoms with van der Waals surface area (Å²) in [5.41, 5.74) is 0.762. The van der Waals surface area contributed by atoms with Crippen LogP contribution < -0.4 is 5.32 Å². The average Bonchev–Trinajstić information content (AvgIpc) is 2.77. The van der Waals surface area contributed by atoms with Crippen LogP contribution in [0.4, 0.5) is 4.79 Å². The smallest absolute Gasteiger partial charge is 0.323 e. The molecule has 0 saturated carbocycles. The molecule has 0 unspecified atom stereocenters. The minimum atomic E-state index is -1.06. The van der Waals surface area contributed by atoms with E-state index in [-0.39, 0.29) is 26.2 Å². The highest BCUT2D eigenvalue weighted by atomic mass is 32.1. The Morgan fingerprint density at radius 1 is 1.58 bits per heavy atom. The number of thiazole rings is 1. The number of amides is 2. The van der Waals surface area contributed by atoms with E-state index in [4.69, 9.17) is 9.84 Å². The number of aromatic nitrogens is 1. The molecule has 1 aromatic rings. The summed E-state index contributed by atoms with van der Waals surface area (Å²) in [6, 6.07) is -0.440. The van der Waals surface area contributed by atoms with Crippen molar-refractivity contribution >= 4 is 23.3 Å². The van der Waals surface area contributed by atoms with Gasteiger partial charge in [-0.2, -0.15) is 0 Å². The van der Waals surface area contributed by atoms with Crippen molar-refractivity contribution in [3.63, 3.8) is 0 Å². The van der Waals surface area contributed by atoms with Crippen LogP contribution in [0.1, 0.15) is 10.7 Å². The van der Waals surface area contributed by atoms with Crippen molar-refractivity contribution < 1.29 is 19.4 Å². The van der Waals surface area contributed by atoms with Gasteiger partial charge in [0.25, 0.3) is 0 Å². The normalized spacial score (nSPS) is 10.2. The maximum Gasteiger partial charge on any atom is 0.323 e. The fraction of sp³-hybridized carbons (Fsp3) is 0.545. The van der Waals surface area contributed by atoms with E-state index in [1.165, 1.54) is 23.3 Å². The number of nitrogens with zero attached hydrogens (tertiary/aromatic N) is 2. The lowest BCUT2D eigenvalue weighted by atomic mass is 10.4. The van der Waals surface area contributed by atoms with Crippen molar-refractivity contribution in [3.8, 4) is 0 Å². The number of ether oxygens (including phenoxy) is 1. The van der Waals surface area contributed by atoms with E-state index in [9.17, 15) is 9.59 Å². The second-order valence-corrected chi connectivity index (χ2v) is 4.89. The Morgan fingerprint density at radius 2 is 2.32 bits per heavy atom. The molecule has 0 fully saturated rings. The molecule has 0 saturated heterocycles. The molecule has 106 valence electrons. The SMILES string of the molecule is COCCN(CC(=O)O)C(=O)NCc1csc(C)n1. The Balaban J connectivity index is 2.48. The number of carbonyl (C=O) groups excluding carboxylic acids is 1. The fourth-order valence-corrected chi connectivity index (χ4v) is 2.00. The number of aryl methyl sites for hydroxylation is 1. The van der Waals surface area contributed by atoms with E-state index >= 15 is 0 Å². The summed E-state index contributed by atoms with van der Waals surface area (Å²) in [6.45, 7) is 2.32. The number of nitrogens with one attached hydrogen (secondary N) is 1. The number of carbonyl (C=O) groups is 2. The predicted octanol–water partition coefficient (Wildman–Crippen LogP) is 0.694. The van der Waals surface area contributed by atoms with Crippen LogP contribution in [0, 0.1) is 6.92 Å². The van der Waals surface area contributed by atoms with Gasteiger partial charge in [0.1, 0.15) is 6.54 Å². The largest absolute Gasteiger partial charge is 0.480 e. The van der Waals surface area contributed by atoms with Crippen LogP contribution in [0.25, 0.3) is 0 Å². The summed E-state index contributed by atoms with van der Waals surface area (Å²) in [4.78, 5) is 27.9. The van der Waals surface area contributed by atoms with Crippen molar-refractivity contribution in [1.29, 1.82) is 0 Å². The van der Waals surface area contributed by atoms with Gasteiger partial charge < -0.3 is 20.1 Å². The van der Waals surface area contributed by atoms with Gasteiger partial charge in [-0.05, 0) is 6.92 Å². The van der Waals surface area contributed by atoms with E-state index in [0.717, 1.165) is 10.7 Å². The minimum Gasteiger partial charge on any atom is -0.480 e. The number of carboxylic acid groups (broad SMARTS) is 1. The lowest BCUT2D eigenvalue weighted by Crippen LogP contribution is -2.44. The van der Waals surface area contributed by atoms with E-state index in [0.29, 0.717) is 0 Å². The van der Waals surface area contributed by atoms with E-state index in [1.807, 2.05) is 12.3 Å². The Kier molecular flexibility index (Phi) is 6.23. The molecule has 0 radical (unpaired) electrons. The molecule has 8 heteroatoms. The average molecular weight is 287 g/mol. The Morgan fingerprint density at radius 3 is 2.84 bits per heavy atom. The number of methoxy groups -OCH3 is 1. The molecule has 0 aromatic carbocycles. The molecule has 7 nitrogen and oxygen atoms in total. The molecule has 0 bridgehead atoms. The van der Waals surface area contributed by atoms with Crippen LogP contribution in [0.15, 0.2) is 5.38 Å². The first-order valence-corrected chi connectivity index (χ1v) is 6.55. The van der Waals surface area contributed by atoms with E-state index in [2.05, 4.69) is 10.3 Å². The molecule has 19 heavy (non-hydrogen) atoms. The van der Waals surface area contributed by atoms with Crippen LogP contribution >= 0.6 is 11.3 Å². The molecule has 0 aliphatic heterocycles. The summed E-state index contributed by atoms with van der Waals surface area (Å²) >= 11 is 1.50. The van der Waals surface area contributed by atoms with Gasteiger partial charge >= 0.3 is 12.0 Å². The monoisotopic (exact) mass is 287 g/mol. The molecule has 1 rings (SSSR count). The first-order valence-electron chi connectivity index (χ1n) is 5.67. The molecule has 0 aliphatic rings. The first-order chi connectivity index (χ1) is 9.02. The summed E-state index contributed by atoms with van der Waals surface area (Å²) in [5.74, 6) is -1.06. The number of urea groups is 1. The third-order valence-corrected chi connectivity index (χ3v) is 3.09. The first kappa shape index (κ1) is 15.4. The molecule has 2 N–H and O–H groups in total. The number of rotatable bonds is 7. The second-order valence-electron chi connectivity index (χ2n) is 3.82. The predicted molar refractivity (Wildman–Crippen MR) is 70.2 cm³/mol. The van der Waals surface area contributed by atoms with Crippen molar-refractivity contribution in [2.24, 2.45) is 0 Å². The Bertz CT molecular complexity index is 435. The van der Waals surface area contributed by atoms with Crippen molar-refractivity contribution in [1.82, 2.24) is 15.2 Å². The maximum absolute atomic E-state index is 11.8. The van der Waals surface area contributed by atoms with Crippen molar-refractivity contribution in [2.45, 2.75) is 13.5 Å². The highest BCUT2D eigenvalue weighted by Gasteiger charge is 2.16. The Labute approximate surface area is 115 Å². The summed E-state index contributed by atoms with van der Waals surface area (Å²) in [6.07, 6.45) is 0. The molecule has 0 spiro atoms. The van der Waals surface area contributed by atoms with Gasteiger partial charge in [-0.15, -0.1) is 11.3 Å². The summed E-state index contributed by atoms with van der Waals surface area (Å²) in [5, 5.41) is 14.2. The lowest BCUT2D eigenvalue weighted by molar-refractivity contribution is -0.137. The number of hydrogen-bond acceptors (Lipinski definition) is 5. The van der Waals surface area contributed by atoms with Gasteiger partial charge in [-0.3, -0.25) is 4.79 Å². The molecular weight excluding hydrogens is 270 g/mol. The molecular formula is C11H17N3O4S. The van der Waals surface area contributed by atoms with Crippen LogP contribution in [-0.2, 0) is 16.1 Å². The van der Waals surface area contributed by atoms with Gasteiger partial charge in [-0.1, -0.05) is 0 Å². The van der Waals surface area contributed by atoms with Gasteiger partial charge in [0.05, 0.1) is 23.9 Å². The fourth-order valence-electron chi connectivity index (χ4n) is 1.38. The third-order valence-electron chi connectivity index (χ3n) is 2.27. The molecule has 0 aliphatic carbocycles. The van der Waals surface area contributed by atoms with E-state index < -0.39 is 12.0 Å². The molecule has 1 heterocycles. The minimum absolute atomic E-state index is 0.227.